The minimum Gasteiger partial charge on any atom is -0.396 e. The molecule has 2 N–H and O–H groups in total. The lowest BCUT2D eigenvalue weighted by atomic mass is 9.86. The van der Waals surface area contributed by atoms with Crippen LogP contribution in [-0.4, -0.2) is 37.5 Å². The van der Waals surface area contributed by atoms with Gasteiger partial charge in [0, 0.05) is 24.9 Å². The summed E-state index contributed by atoms with van der Waals surface area (Å²) in [5, 5.41) is 17.0. The molecule has 21 heavy (non-hydrogen) atoms. The maximum absolute atomic E-state index is 9.30. The fraction of sp³-hybridized carbons (Fsp3) is 0.533. The van der Waals surface area contributed by atoms with Gasteiger partial charge in [0.05, 0.1) is 6.20 Å². The maximum Gasteiger partial charge on any atom is 0.158 e. The summed E-state index contributed by atoms with van der Waals surface area (Å²) in [4.78, 5) is 8.55. The molecule has 0 radical (unpaired) electrons. The highest BCUT2D eigenvalue weighted by Crippen LogP contribution is 2.26. The van der Waals surface area contributed by atoms with Crippen molar-refractivity contribution < 1.29 is 5.11 Å². The lowest BCUT2D eigenvalue weighted by molar-refractivity contribution is 0.184. The van der Waals surface area contributed by atoms with Crippen molar-refractivity contribution in [3.05, 3.63) is 30.4 Å². The molecular weight excluding hydrogens is 266 g/mol. The van der Waals surface area contributed by atoms with Gasteiger partial charge >= 0.3 is 0 Å². The second-order valence-corrected chi connectivity index (χ2v) is 5.78. The lowest BCUT2D eigenvalue weighted by Gasteiger charge is -2.28. The van der Waals surface area contributed by atoms with E-state index in [0.29, 0.717) is 12.0 Å². The third-order valence-corrected chi connectivity index (χ3v) is 3.99. The summed E-state index contributed by atoms with van der Waals surface area (Å²) in [5.74, 6) is 1.98. The monoisotopic (exact) mass is 287 g/mol. The molecular formula is C15H21N5O. The molecule has 1 saturated carbocycles. The molecule has 2 aromatic heterocycles. The summed E-state index contributed by atoms with van der Waals surface area (Å²) in [6.45, 7) is 2.28. The average Bonchev–Trinajstić information content (AvgIpc) is 2.94. The van der Waals surface area contributed by atoms with E-state index < -0.39 is 0 Å². The molecule has 1 aliphatic rings. The molecule has 6 heteroatoms. The van der Waals surface area contributed by atoms with Crippen LogP contribution in [0.25, 0.3) is 5.82 Å². The highest BCUT2D eigenvalue weighted by Gasteiger charge is 2.21. The SMILES string of the molecule is Cc1cnn(-c2cc(N[C@@H]3CCC[C@@H](CO)C3)ncn2)c1. The third-order valence-electron chi connectivity index (χ3n) is 3.99. The van der Waals surface area contributed by atoms with Crippen LogP contribution in [0.2, 0.25) is 0 Å². The van der Waals surface area contributed by atoms with Crippen LogP contribution in [0, 0.1) is 12.8 Å². The number of hydrogen-bond donors (Lipinski definition) is 2. The Morgan fingerprint density at radius 3 is 3.05 bits per heavy atom. The predicted octanol–water partition coefficient (Wildman–Crippen LogP) is 1.93. The first-order chi connectivity index (χ1) is 10.2. The zero-order chi connectivity index (χ0) is 14.7. The largest absolute Gasteiger partial charge is 0.396 e. The minimum atomic E-state index is 0.278. The Balaban J connectivity index is 1.71. The molecule has 0 bridgehead atoms. The molecule has 0 amide bonds. The van der Waals surface area contributed by atoms with Crippen molar-refractivity contribution >= 4 is 5.82 Å². The van der Waals surface area contributed by atoms with Gasteiger partial charge in [-0.25, -0.2) is 14.6 Å². The second kappa shape index (κ2) is 6.22. The summed E-state index contributed by atoms with van der Waals surface area (Å²) in [6.07, 6.45) is 9.70. The number of aromatic nitrogens is 4. The Morgan fingerprint density at radius 2 is 2.29 bits per heavy atom. The highest BCUT2D eigenvalue weighted by molar-refractivity contribution is 5.41. The molecule has 3 rings (SSSR count). The lowest BCUT2D eigenvalue weighted by Crippen LogP contribution is -2.29. The number of aliphatic hydroxyl groups is 1. The van der Waals surface area contributed by atoms with Crippen molar-refractivity contribution in [2.45, 2.75) is 38.6 Å². The fourth-order valence-electron chi connectivity index (χ4n) is 2.89. The molecule has 112 valence electrons. The number of nitrogens with zero attached hydrogens (tertiary/aromatic N) is 4. The molecule has 2 atom stereocenters. The topological polar surface area (TPSA) is 75.9 Å². The maximum atomic E-state index is 9.30. The van der Waals surface area contributed by atoms with Gasteiger partial charge in [0.15, 0.2) is 5.82 Å². The van der Waals surface area contributed by atoms with Crippen LogP contribution >= 0.6 is 0 Å². The van der Waals surface area contributed by atoms with E-state index in [4.69, 9.17) is 0 Å². The van der Waals surface area contributed by atoms with E-state index in [1.54, 1.807) is 11.0 Å². The molecule has 2 aromatic rings. The van der Waals surface area contributed by atoms with Crippen molar-refractivity contribution in [1.29, 1.82) is 0 Å². The van der Waals surface area contributed by atoms with E-state index in [-0.39, 0.29) is 6.61 Å². The Morgan fingerprint density at radius 1 is 1.38 bits per heavy atom. The first-order valence-corrected chi connectivity index (χ1v) is 7.45. The smallest absolute Gasteiger partial charge is 0.158 e. The van der Waals surface area contributed by atoms with Crippen LogP contribution < -0.4 is 5.32 Å². The molecule has 0 aromatic carbocycles. The molecule has 0 unspecified atom stereocenters. The summed E-state index contributed by atoms with van der Waals surface area (Å²) in [5.41, 5.74) is 1.10. The van der Waals surface area contributed by atoms with Gasteiger partial charge in [-0.2, -0.15) is 5.10 Å². The summed E-state index contributed by atoms with van der Waals surface area (Å²) in [6, 6.07) is 2.28. The van der Waals surface area contributed by atoms with E-state index in [2.05, 4.69) is 20.4 Å². The fourth-order valence-corrected chi connectivity index (χ4v) is 2.89. The van der Waals surface area contributed by atoms with Gasteiger partial charge in [0.25, 0.3) is 0 Å². The second-order valence-electron chi connectivity index (χ2n) is 5.78. The first kappa shape index (κ1) is 14.0. The molecule has 0 aliphatic heterocycles. The molecule has 1 fully saturated rings. The number of anilines is 1. The normalized spacial score (nSPS) is 22.2. The Bertz CT molecular complexity index is 597. The van der Waals surface area contributed by atoms with Crippen LogP contribution in [0.3, 0.4) is 0 Å². The molecule has 0 saturated heterocycles. The van der Waals surface area contributed by atoms with Crippen LogP contribution in [0.1, 0.15) is 31.2 Å². The van der Waals surface area contributed by atoms with Gasteiger partial charge in [-0.05, 0) is 37.7 Å². The summed E-state index contributed by atoms with van der Waals surface area (Å²) >= 11 is 0. The van der Waals surface area contributed by atoms with Crippen molar-refractivity contribution in [1.82, 2.24) is 19.7 Å². The van der Waals surface area contributed by atoms with E-state index in [9.17, 15) is 5.11 Å². The Hall–Kier alpha value is -1.95. The molecule has 6 nitrogen and oxygen atoms in total. The van der Waals surface area contributed by atoms with Crippen molar-refractivity contribution in [2.75, 3.05) is 11.9 Å². The van der Waals surface area contributed by atoms with Crippen molar-refractivity contribution in [2.24, 2.45) is 5.92 Å². The number of hydrogen-bond acceptors (Lipinski definition) is 5. The van der Waals surface area contributed by atoms with E-state index in [1.807, 2.05) is 25.4 Å². The third kappa shape index (κ3) is 3.39. The van der Waals surface area contributed by atoms with Gasteiger partial charge in [-0.3, -0.25) is 0 Å². The molecule has 0 spiro atoms. The highest BCUT2D eigenvalue weighted by atomic mass is 16.3. The van der Waals surface area contributed by atoms with Crippen molar-refractivity contribution in [3.63, 3.8) is 0 Å². The van der Waals surface area contributed by atoms with Crippen LogP contribution in [0.4, 0.5) is 5.82 Å². The van der Waals surface area contributed by atoms with Crippen LogP contribution in [0.15, 0.2) is 24.8 Å². The van der Waals surface area contributed by atoms with Gasteiger partial charge in [-0.15, -0.1) is 0 Å². The van der Waals surface area contributed by atoms with Crippen LogP contribution in [-0.2, 0) is 0 Å². The van der Waals surface area contributed by atoms with Gasteiger partial charge in [0.1, 0.15) is 12.1 Å². The minimum absolute atomic E-state index is 0.278. The van der Waals surface area contributed by atoms with Gasteiger partial charge in [0.2, 0.25) is 0 Å². The number of nitrogens with one attached hydrogen (secondary N) is 1. The first-order valence-electron chi connectivity index (χ1n) is 7.45. The Labute approximate surface area is 124 Å². The molecule has 2 heterocycles. The average molecular weight is 287 g/mol. The van der Waals surface area contributed by atoms with Crippen LogP contribution in [0.5, 0.6) is 0 Å². The number of rotatable bonds is 4. The van der Waals surface area contributed by atoms with Gasteiger partial charge in [-0.1, -0.05) is 6.42 Å². The standard InChI is InChI=1S/C15H21N5O/c1-11-7-18-20(8-11)15-6-14(16-10-17-15)19-13-4-2-3-12(5-13)9-21/h6-8,10,12-13,21H,2-5,9H2,1H3,(H,16,17,19)/t12-,13-/m1/s1. The van der Waals surface area contributed by atoms with Gasteiger partial charge < -0.3 is 10.4 Å². The quantitative estimate of drug-likeness (QED) is 0.898. The Kier molecular flexibility index (Phi) is 4.15. The zero-order valence-corrected chi connectivity index (χ0v) is 12.2. The number of aryl methyl sites for hydroxylation is 1. The van der Waals surface area contributed by atoms with E-state index in [0.717, 1.165) is 42.9 Å². The predicted molar refractivity (Wildman–Crippen MR) is 80.3 cm³/mol. The van der Waals surface area contributed by atoms with E-state index in [1.165, 1.54) is 0 Å². The zero-order valence-electron chi connectivity index (χ0n) is 12.2. The summed E-state index contributed by atoms with van der Waals surface area (Å²) < 4.78 is 1.75. The molecule has 1 aliphatic carbocycles. The summed E-state index contributed by atoms with van der Waals surface area (Å²) in [7, 11) is 0. The number of aliphatic hydroxyl groups excluding tert-OH is 1. The van der Waals surface area contributed by atoms with Crippen molar-refractivity contribution in [3.8, 4) is 5.82 Å². The van der Waals surface area contributed by atoms with E-state index >= 15 is 0 Å².